The van der Waals surface area contributed by atoms with E-state index in [4.69, 9.17) is 0 Å². The van der Waals surface area contributed by atoms with Gasteiger partial charge >= 0.3 is 5.00 Å². The third-order valence-corrected chi connectivity index (χ3v) is 6.46. The summed E-state index contributed by atoms with van der Waals surface area (Å²) < 4.78 is 0. The summed E-state index contributed by atoms with van der Waals surface area (Å²) in [5.74, 6) is -0.324. The van der Waals surface area contributed by atoms with E-state index in [0.29, 0.717) is 10.0 Å². The van der Waals surface area contributed by atoms with E-state index in [1.165, 1.54) is 34.3 Å². The van der Waals surface area contributed by atoms with E-state index in [-0.39, 0.29) is 10.9 Å². The van der Waals surface area contributed by atoms with Gasteiger partial charge in [-0.2, -0.15) is 0 Å². The number of thiazole rings is 1. The second kappa shape index (κ2) is 6.36. The summed E-state index contributed by atoms with van der Waals surface area (Å²) in [6.07, 6.45) is 2.92. The molecule has 1 aliphatic carbocycles. The largest absolute Gasteiger partial charge is 0.324 e. The molecule has 28 heavy (non-hydrogen) atoms. The van der Waals surface area contributed by atoms with Crippen molar-refractivity contribution in [2.24, 2.45) is 0 Å². The van der Waals surface area contributed by atoms with E-state index in [2.05, 4.69) is 28.5 Å². The van der Waals surface area contributed by atoms with Crippen LogP contribution in [-0.4, -0.2) is 15.8 Å². The number of hydrogen-bond donors (Lipinski definition) is 1. The van der Waals surface area contributed by atoms with Gasteiger partial charge in [0.05, 0.1) is 15.5 Å². The highest BCUT2D eigenvalue weighted by molar-refractivity contribution is 7.20. The fourth-order valence-corrected chi connectivity index (χ4v) is 5.04. The van der Waals surface area contributed by atoms with Crippen LogP contribution in [0.5, 0.6) is 0 Å². The Labute approximate surface area is 166 Å². The molecule has 0 radical (unpaired) electrons. The molecule has 0 saturated carbocycles. The SMILES string of the molecule is O=C(C=Cc1ccc([N+](=O)[O-])s1)Nc1nc2c(s1)-c1cccc3cccc-2c13. The minimum atomic E-state index is -0.447. The Balaban J connectivity index is 1.38. The first kappa shape index (κ1) is 16.8. The normalized spacial score (nSPS) is 11.9. The summed E-state index contributed by atoms with van der Waals surface area (Å²) in [4.78, 5) is 28.8. The summed E-state index contributed by atoms with van der Waals surface area (Å²) in [6.45, 7) is 0. The van der Waals surface area contributed by atoms with Gasteiger partial charge in [0.2, 0.25) is 5.91 Å². The fraction of sp³-hybridized carbons (Fsp3) is 0. The van der Waals surface area contributed by atoms with Crippen LogP contribution in [0.25, 0.3) is 38.5 Å². The second-order valence-corrected chi connectivity index (χ2v) is 8.25. The highest BCUT2D eigenvalue weighted by Gasteiger charge is 2.25. The zero-order valence-electron chi connectivity index (χ0n) is 14.2. The zero-order valence-corrected chi connectivity index (χ0v) is 15.8. The standard InChI is InChI=1S/C20H11N3O3S2/c24-15(9-7-12-8-10-16(27-12)23(25)26)21-20-22-18-13-5-1-3-11-4-2-6-14(17(11)13)19(18)28-20/h1-10H,(H,21,22,24). The number of fused-ring (bicyclic) bond motifs is 3. The molecule has 1 N–H and O–H groups in total. The maximum atomic E-state index is 12.2. The van der Waals surface area contributed by atoms with Crippen molar-refractivity contribution in [2.45, 2.75) is 0 Å². The number of benzene rings is 2. The monoisotopic (exact) mass is 405 g/mol. The van der Waals surface area contributed by atoms with Crippen molar-refractivity contribution in [1.29, 1.82) is 0 Å². The molecule has 0 spiro atoms. The maximum Gasteiger partial charge on any atom is 0.324 e. The van der Waals surface area contributed by atoms with Gasteiger partial charge in [-0.1, -0.05) is 59.1 Å². The van der Waals surface area contributed by atoms with Crippen LogP contribution in [0.2, 0.25) is 0 Å². The number of nitro groups is 1. The molecule has 0 bridgehead atoms. The summed E-state index contributed by atoms with van der Waals surface area (Å²) in [5.41, 5.74) is 3.12. The maximum absolute atomic E-state index is 12.2. The molecule has 6 nitrogen and oxygen atoms in total. The van der Waals surface area contributed by atoms with Crippen LogP contribution in [0.15, 0.2) is 54.6 Å². The molecule has 5 rings (SSSR count). The van der Waals surface area contributed by atoms with E-state index in [1.54, 1.807) is 12.1 Å². The predicted octanol–water partition coefficient (Wildman–Crippen LogP) is 5.57. The van der Waals surface area contributed by atoms with Crippen LogP contribution >= 0.6 is 22.7 Å². The van der Waals surface area contributed by atoms with Crippen molar-refractivity contribution in [3.63, 3.8) is 0 Å². The van der Waals surface area contributed by atoms with Crippen LogP contribution < -0.4 is 5.32 Å². The Bertz CT molecular complexity index is 1250. The quantitative estimate of drug-likeness (QED) is 0.241. The average molecular weight is 405 g/mol. The third kappa shape index (κ3) is 2.70. The van der Waals surface area contributed by atoms with Crippen molar-refractivity contribution in [3.05, 3.63) is 69.6 Å². The Morgan fingerprint density at radius 2 is 1.86 bits per heavy atom. The van der Waals surface area contributed by atoms with Crippen molar-refractivity contribution in [1.82, 2.24) is 4.98 Å². The van der Waals surface area contributed by atoms with Gasteiger partial charge in [-0.15, -0.1) is 0 Å². The second-order valence-electron chi connectivity index (χ2n) is 6.16. The summed E-state index contributed by atoms with van der Waals surface area (Å²) in [6, 6.07) is 15.4. The first-order valence-corrected chi connectivity index (χ1v) is 10.00. The predicted molar refractivity (Wildman–Crippen MR) is 113 cm³/mol. The van der Waals surface area contributed by atoms with Crippen molar-refractivity contribution >= 4 is 55.6 Å². The van der Waals surface area contributed by atoms with Crippen molar-refractivity contribution in [3.8, 4) is 21.7 Å². The molecule has 0 fully saturated rings. The van der Waals surface area contributed by atoms with Crippen LogP contribution in [0.4, 0.5) is 10.1 Å². The highest BCUT2D eigenvalue weighted by Crippen LogP contribution is 2.50. The van der Waals surface area contributed by atoms with Gasteiger partial charge in [0.1, 0.15) is 0 Å². The smallest absolute Gasteiger partial charge is 0.298 e. The van der Waals surface area contributed by atoms with Gasteiger partial charge in [-0.05, 0) is 22.9 Å². The molecule has 1 aliphatic rings. The molecule has 0 aliphatic heterocycles. The van der Waals surface area contributed by atoms with Gasteiger partial charge in [0.15, 0.2) is 5.13 Å². The van der Waals surface area contributed by atoms with E-state index < -0.39 is 4.92 Å². The summed E-state index contributed by atoms with van der Waals surface area (Å²) >= 11 is 2.47. The molecule has 2 heterocycles. The fourth-order valence-electron chi connectivity index (χ4n) is 3.30. The van der Waals surface area contributed by atoms with E-state index in [0.717, 1.165) is 33.0 Å². The van der Waals surface area contributed by atoms with Gasteiger partial charge < -0.3 is 0 Å². The molecule has 0 unspecified atom stereocenters. The molecule has 4 aromatic rings. The van der Waals surface area contributed by atoms with Crippen LogP contribution in [0.3, 0.4) is 0 Å². The molecule has 136 valence electrons. The first-order valence-electron chi connectivity index (χ1n) is 8.37. The van der Waals surface area contributed by atoms with E-state index in [9.17, 15) is 14.9 Å². The lowest BCUT2D eigenvalue weighted by atomic mass is 10.0. The molecule has 2 aromatic heterocycles. The Morgan fingerprint density at radius 1 is 1.07 bits per heavy atom. The number of nitrogens with one attached hydrogen (secondary N) is 1. The van der Waals surface area contributed by atoms with E-state index >= 15 is 0 Å². The first-order chi connectivity index (χ1) is 13.6. The zero-order chi connectivity index (χ0) is 19.3. The number of thiophene rings is 1. The highest BCUT2D eigenvalue weighted by atomic mass is 32.1. The number of carbonyl (C=O) groups is 1. The minimum Gasteiger partial charge on any atom is -0.298 e. The third-order valence-electron chi connectivity index (χ3n) is 4.45. The topological polar surface area (TPSA) is 85.1 Å². The van der Waals surface area contributed by atoms with Crippen LogP contribution in [0, 0.1) is 10.1 Å². The number of carbonyl (C=O) groups excluding carboxylic acids is 1. The van der Waals surface area contributed by atoms with Crippen LogP contribution in [-0.2, 0) is 4.79 Å². The number of hydrogen-bond acceptors (Lipinski definition) is 6. The number of nitrogens with zero attached hydrogens (tertiary/aromatic N) is 2. The molecule has 8 heteroatoms. The van der Waals surface area contributed by atoms with Gasteiger partial charge in [-0.25, -0.2) is 4.98 Å². The van der Waals surface area contributed by atoms with Gasteiger partial charge in [0, 0.05) is 28.1 Å². The Morgan fingerprint density at radius 3 is 2.61 bits per heavy atom. The van der Waals surface area contributed by atoms with Crippen molar-refractivity contribution < 1.29 is 9.72 Å². The number of rotatable bonds is 4. The molecular formula is C20H11N3O3S2. The summed E-state index contributed by atoms with van der Waals surface area (Å²) in [7, 11) is 0. The minimum absolute atomic E-state index is 0.0456. The molecular weight excluding hydrogens is 394 g/mol. The van der Waals surface area contributed by atoms with Gasteiger partial charge in [0.25, 0.3) is 0 Å². The lowest BCUT2D eigenvalue weighted by Gasteiger charge is -2.02. The van der Waals surface area contributed by atoms with Gasteiger partial charge in [-0.3, -0.25) is 20.2 Å². The number of anilines is 1. The average Bonchev–Trinajstić information content (AvgIpc) is 3.38. The number of aromatic nitrogens is 1. The molecule has 0 atom stereocenters. The lowest BCUT2D eigenvalue weighted by molar-refractivity contribution is -0.380. The summed E-state index contributed by atoms with van der Waals surface area (Å²) in [5, 5.41) is 16.5. The molecule has 1 amide bonds. The Kier molecular flexibility index (Phi) is 3.81. The molecule has 0 saturated heterocycles. The molecule has 2 aromatic carbocycles. The van der Waals surface area contributed by atoms with E-state index in [1.807, 2.05) is 18.2 Å². The lowest BCUT2D eigenvalue weighted by Crippen LogP contribution is -2.07. The number of amides is 1. The Hall–Kier alpha value is -3.36. The van der Waals surface area contributed by atoms with Crippen LogP contribution in [0.1, 0.15) is 4.88 Å². The van der Waals surface area contributed by atoms with Crippen molar-refractivity contribution in [2.75, 3.05) is 5.32 Å².